The summed E-state index contributed by atoms with van der Waals surface area (Å²) >= 11 is 0. The predicted molar refractivity (Wildman–Crippen MR) is 87.0 cm³/mol. The minimum absolute atomic E-state index is 0.0712. The van der Waals surface area contributed by atoms with Crippen LogP contribution in [0.1, 0.15) is 50.5 Å². The molecular weight excluding hydrogens is 260 g/mol. The minimum Gasteiger partial charge on any atom is -0.356 e. The number of nitrogens with one attached hydrogen (secondary N) is 1. The number of benzene rings is 1. The molecule has 1 amide bonds. The molecule has 21 heavy (non-hydrogen) atoms. The van der Waals surface area contributed by atoms with E-state index in [2.05, 4.69) is 29.6 Å². The van der Waals surface area contributed by atoms with Crippen molar-refractivity contribution in [2.45, 2.75) is 51.4 Å². The molecule has 0 aromatic heterocycles. The van der Waals surface area contributed by atoms with E-state index in [0.717, 1.165) is 32.2 Å². The summed E-state index contributed by atoms with van der Waals surface area (Å²) in [6, 6.07) is 10.4. The Labute approximate surface area is 128 Å². The van der Waals surface area contributed by atoms with E-state index < -0.39 is 0 Å². The van der Waals surface area contributed by atoms with Crippen LogP contribution in [0, 0.1) is 5.41 Å². The van der Waals surface area contributed by atoms with Gasteiger partial charge in [-0.25, -0.2) is 0 Å². The van der Waals surface area contributed by atoms with Gasteiger partial charge in [-0.05, 0) is 43.2 Å². The van der Waals surface area contributed by atoms with Gasteiger partial charge < -0.3 is 11.1 Å². The van der Waals surface area contributed by atoms with Crippen molar-refractivity contribution in [1.82, 2.24) is 5.32 Å². The Morgan fingerprint density at radius 1 is 1.14 bits per heavy atom. The summed E-state index contributed by atoms with van der Waals surface area (Å²) in [5.41, 5.74) is 7.34. The van der Waals surface area contributed by atoms with Gasteiger partial charge in [-0.3, -0.25) is 4.79 Å². The molecule has 1 fully saturated rings. The minimum atomic E-state index is 0.0712. The van der Waals surface area contributed by atoms with E-state index in [0.29, 0.717) is 13.0 Å². The predicted octanol–water partition coefficient (Wildman–Crippen LogP) is 3.03. The van der Waals surface area contributed by atoms with E-state index in [-0.39, 0.29) is 11.3 Å². The number of rotatable bonds is 7. The summed E-state index contributed by atoms with van der Waals surface area (Å²) in [5.74, 6) is 0.176. The molecule has 0 saturated heterocycles. The number of amides is 1. The maximum Gasteiger partial charge on any atom is 0.220 e. The van der Waals surface area contributed by atoms with E-state index >= 15 is 0 Å². The summed E-state index contributed by atoms with van der Waals surface area (Å²) in [7, 11) is 0. The quantitative estimate of drug-likeness (QED) is 0.758. The normalized spacial score (nSPS) is 17.4. The van der Waals surface area contributed by atoms with E-state index in [1.807, 2.05) is 6.07 Å². The molecule has 0 radical (unpaired) electrons. The molecular formula is C18H28N2O. The second-order valence-corrected chi connectivity index (χ2v) is 6.38. The van der Waals surface area contributed by atoms with Gasteiger partial charge in [0.25, 0.3) is 0 Å². The van der Waals surface area contributed by atoms with Crippen LogP contribution in [-0.2, 0) is 11.2 Å². The van der Waals surface area contributed by atoms with Crippen molar-refractivity contribution in [1.29, 1.82) is 0 Å². The Morgan fingerprint density at radius 2 is 1.86 bits per heavy atom. The first-order valence-corrected chi connectivity index (χ1v) is 8.25. The number of aryl methyl sites for hydroxylation is 1. The molecule has 1 aromatic rings. The van der Waals surface area contributed by atoms with Crippen molar-refractivity contribution < 1.29 is 4.79 Å². The SMILES string of the molecule is NCC1(CC(=O)NCCCc2ccccc2)CCCCC1. The molecule has 116 valence electrons. The van der Waals surface area contributed by atoms with Gasteiger partial charge in [0, 0.05) is 13.0 Å². The van der Waals surface area contributed by atoms with Gasteiger partial charge in [-0.2, -0.15) is 0 Å². The van der Waals surface area contributed by atoms with E-state index in [1.54, 1.807) is 0 Å². The second-order valence-electron chi connectivity index (χ2n) is 6.38. The molecule has 0 unspecified atom stereocenters. The third kappa shape index (κ3) is 5.16. The van der Waals surface area contributed by atoms with Gasteiger partial charge in [0.05, 0.1) is 0 Å². The molecule has 1 aliphatic rings. The van der Waals surface area contributed by atoms with Crippen LogP contribution in [0.15, 0.2) is 30.3 Å². The summed E-state index contributed by atoms with van der Waals surface area (Å²) in [6.07, 6.45) is 8.57. The molecule has 0 spiro atoms. The number of hydrogen-bond donors (Lipinski definition) is 2. The Morgan fingerprint density at radius 3 is 2.52 bits per heavy atom. The summed E-state index contributed by atoms with van der Waals surface area (Å²) < 4.78 is 0. The van der Waals surface area contributed by atoms with Gasteiger partial charge in [0.2, 0.25) is 5.91 Å². The first-order chi connectivity index (χ1) is 10.2. The fraction of sp³-hybridized carbons (Fsp3) is 0.611. The molecule has 0 aliphatic heterocycles. The zero-order valence-electron chi connectivity index (χ0n) is 12.9. The van der Waals surface area contributed by atoms with Crippen molar-refractivity contribution in [3.63, 3.8) is 0 Å². The van der Waals surface area contributed by atoms with Crippen LogP contribution in [0.2, 0.25) is 0 Å². The van der Waals surface area contributed by atoms with Crippen molar-refractivity contribution in [3.8, 4) is 0 Å². The highest BCUT2D eigenvalue weighted by Crippen LogP contribution is 2.38. The lowest BCUT2D eigenvalue weighted by atomic mass is 9.71. The highest BCUT2D eigenvalue weighted by molar-refractivity contribution is 5.76. The zero-order chi connectivity index (χ0) is 15.0. The smallest absolute Gasteiger partial charge is 0.220 e. The molecule has 0 atom stereocenters. The highest BCUT2D eigenvalue weighted by Gasteiger charge is 2.32. The van der Waals surface area contributed by atoms with Gasteiger partial charge >= 0.3 is 0 Å². The van der Waals surface area contributed by atoms with Crippen LogP contribution in [0.5, 0.6) is 0 Å². The molecule has 1 aliphatic carbocycles. The standard InChI is InChI=1S/C18H28N2O/c19-15-18(11-5-2-6-12-18)14-17(21)20-13-7-10-16-8-3-1-4-9-16/h1,3-4,8-9H,2,5-7,10-15,19H2,(H,20,21). The number of carbonyl (C=O) groups excluding carboxylic acids is 1. The largest absolute Gasteiger partial charge is 0.356 e. The molecule has 3 nitrogen and oxygen atoms in total. The van der Waals surface area contributed by atoms with E-state index in [4.69, 9.17) is 5.73 Å². The average molecular weight is 288 g/mol. The van der Waals surface area contributed by atoms with Crippen LogP contribution >= 0.6 is 0 Å². The van der Waals surface area contributed by atoms with Crippen molar-refractivity contribution in [3.05, 3.63) is 35.9 Å². The molecule has 1 saturated carbocycles. The molecule has 1 aromatic carbocycles. The van der Waals surface area contributed by atoms with Gasteiger partial charge in [-0.1, -0.05) is 49.6 Å². The molecule has 3 N–H and O–H groups in total. The summed E-state index contributed by atoms with van der Waals surface area (Å²) in [6.45, 7) is 1.40. The van der Waals surface area contributed by atoms with Crippen LogP contribution < -0.4 is 11.1 Å². The van der Waals surface area contributed by atoms with Gasteiger partial charge in [0.15, 0.2) is 0 Å². The maximum atomic E-state index is 12.1. The fourth-order valence-corrected chi connectivity index (χ4v) is 3.32. The lowest BCUT2D eigenvalue weighted by Gasteiger charge is -2.35. The number of nitrogens with two attached hydrogens (primary N) is 1. The topological polar surface area (TPSA) is 55.1 Å². The fourth-order valence-electron chi connectivity index (χ4n) is 3.32. The van der Waals surface area contributed by atoms with Gasteiger partial charge in [0.1, 0.15) is 0 Å². The monoisotopic (exact) mass is 288 g/mol. The van der Waals surface area contributed by atoms with Crippen LogP contribution in [0.25, 0.3) is 0 Å². The van der Waals surface area contributed by atoms with Gasteiger partial charge in [-0.15, -0.1) is 0 Å². The van der Waals surface area contributed by atoms with Crippen molar-refractivity contribution in [2.75, 3.05) is 13.1 Å². The number of hydrogen-bond acceptors (Lipinski definition) is 2. The summed E-state index contributed by atoms with van der Waals surface area (Å²) in [5, 5.41) is 3.06. The molecule has 3 heteroatoms. The molecule has 0 bridgehead atoms. The Balaban J connectivity index is 1.67. The first-order valence-electron chi connectivity index (χ1n) is 8.25. The van der Waals surface area contributed by atoms with Crippen molar-refractivity contribution >= 4 is 5.91 Å². The summed E-state index contributed by atoms with van der Waals surface area (Å²) in [4.78, 5) is 12.1. The first kappa shape index (κ1) is 16.0. The molecule has 0 heterocycles. The van der Waals surface area contributed by atoms with Crippen molar-refractivity contribution in [2.24, 2.45) is 11.1 Å². The van der Waals surface area contributed by atoms with Crippen LogP contribution in [-0.4, -0.2) is 19.0 Å². The lowest BCUT2D eigenvalue weighted by molar-refractivity contribution is -0.123. The zero-order valence-corrected chi connectivity index (χ0v) is 12.9. The lowest BCUT2D eigenvalue weighted by Crippen LogP contribution is -2.38. The maximum absolute atomic E-state index is 12.1. The second kappa shape index (κ2) is 8.18. The Bertz CT molecular complexity index is 424. The van der Waals surface area contributed by atoms with Crippen LogP contribution in [0.4, 0.5) is 0 Å². The van der Waals surface area contributed by atoms with E-state index in [9.17, 15) is 4.79 Å². The Kier molecular flexibility index (Phi) is 6.24. The third-order valence-corrected chi connectivity index (χ3v) is 4.69. The van der Waals surface area contributed by atoms with Crippen LogP contribution in [0.3, 0.4) is 0 Å². The highest BCUT2D eigenvalue weighted by atomic mass is 16.1. The van der Waals surface area contributed by atoms with E-state index in [1.165, 1.54) is 24.8 Å². The average Bonchev–Trinajstić information content (AvgIpc) is 2.53. The Hall–Kier alpha value is -1.35. The molecule has 2 rings (SSSR count). The number of carbonyl (C=O) groups is 1. The third-order valence-electron chi connectivity index (χ3n) is 4.69.